The molecule has 0 radical (unpaired) electrons. The van der Waals surface area contributed by atoms with Gasteiger partial charge in [-0.05, 0) is 19.3 Å². The number of hydrogen-bond donors (Lipinski definition) is 0. The Kier molecular flexibility index (Phi) is 4.83. The van der Waals surface area contributed by atoms with Crippen molar-refractivity contribution in [3.63, 3.8) is 0 Å². The van der Waals surface area contributed by atoms with Gasteiger partial charge in [-0.25, -0.2) is 0 Å². The molecule has 0 aliphatic carbocycles. The van der Waals surface area contributed by atoms with E-state index in [2.05, 4.69) is 6.92 Å². The first-order valence-corrected chi connectivity index (χ1v) is 5.28. The molecule has 0 aromatic carbocycles. The largest absolute Gasteiger partial charge is 0.368 e. The molecular formula is C10H19NO2. The molecule has 0 aromatic rings. The van der Waals surface area contributed by atoms with Gasteiger partial charge in [0.25, 0.3) is 0 Å². The summed E-state index contributed by atoms with van der Waals surface area (Å²) in [6.07, 6.45) is 6.12. The topological polar surface area (TPSA) is 29.5 Å². The van der Waals surface area contributed by atoms with Gasteiger partial charge in [0.15, 0.2) is 0 Å². The first-order valence-electron chi connectivity index (χ1n) is 5.28. The van der Waals surface area contributed by atoms with Gasteiger partial charge in [-0.2, -0.15) is 0 Å². The fourth-order valence-electron chi connectivity index (χ4n) is 1.49. The van der Waals surface area contributed by atoms with Crippen LogP contribution in [0.15, 0.2) is 0 Å². The molecule has 0 saturated carbocycles. The van der Waals surface area contributed by atoms with Gasteiger partial charge in [0.2, 0.25) is 0 Å². The Hall–Kier alpha value is -0.570. The van der Waals surface area contributed by atoms with E-state index in [1.807, 2.05) is 0 Å². The first-order chi connectivity index (χ1) is 6.33. The molecule has 1 aliphatic heterocycles. The number of carbonyl (C=O) groups is 1. The van der Waals surface area contributed by atoms with E-state index in [0.29, 0.717) is 6.42 Å². The monoisotopic (exact) mass is 185 g/mol. The SMILES string of the molecule is CCCCCC(=O)ON1CCCC1. The summed E-state index contributed by atoms with van der Waals surface area (Å²) >= 11 is 0. The Morgan fingerprint density at radius 1 is 1.31 bits per heavy atom. The zero-order valence-electron chi connectivity index (χ0n) is 8.42. The quantitative estimate of drug-likeness (QED) is 0.614. The highest BCUT2D eigenvalue weighted by Crippen LogP contribution is 2.09. The van der Waals surface area contributed by atoms with Crippen LogP contribution >= 0.6 is 0 Å². The van der Waals surface area contributed by atoms with Crippen LogP contribution in [0.1, 0.15) is 45.4 Å². The van der Waals surface area contributed by atoms with Crippen LogP contribution in [0.5, 0.6) is 0 Å². The molecule has 1 heterocycles. The molecule has 76 valence electrons. The van der Waals surface area contributed by atoms with Gasteiger partial charge in [-0.1, -0.05) is 19.8 Å². The average Bonchev–Trinajstić information content (AvgIpc) is 2.57. The molecule has 0 N–H and O–H groups in total. The molecule has 0 spiro atoms. The smallest absolute Gasteiger partial charge is 0.325 e. The lowest BCUT2D eigenvalue weighted by Gasteiger charge is -2.13. The fourth-order valence-corrected chi connectivity index (χ4v) is 1.49. The number of nitrogens with zero attached hydrogens (tertiary/aromatic N) is 1. The summed E-state index contributed by atoms with van der Waals surface area (Å²) in [5.74, 6) is -0.0599. The van der Waals surface area contributed by atoms with Gasteiger partial charge in [-0.3, -0.25) is 4.79 Å². The highest BCUT2D eigenvalue weighted by molar-refractivity contribution is 5.68. The number of carbonyl (C=O) groups excluding carboxylic acids is 1. The van der Waals surface area contributed by atoms with Gasteiger partial charge >= 0.3 is 5.97 Å². The molecule has 3 nitrogen and oxygen atoms in total. The van der Waals surface area contributed by atoms with Crippen molar-refractivity contribution in [3.8, 4) is 0 Å². The van der Waals surface area contributed by atoms with Crippen LogP contribution in [0.4, 0.5) is 0 Å². The Balaban J connectivity index is 2.02. The second-order valence-corrected chi connectivity index (χ2v) is 3.56. The number of rotatable bonds is 5. The van der Waals surface area contributed by atoms with Crippen LogP contribution in [-0.4, -0.2) is 24.1 Å². The zero-order chi connectivity index (χ0) is 9.52. The lowest BCUT2D eigenvalue weighted by atomic mass is 10.2. The minimum atomic E-state index is -0.0599. The lowest BCUT2D eigenvalue weighted by Crippen LogP contribution is -2.23. The third kappa shape index (κ3) is 4.27. The van der Waals surface area contributed by atoms with E-state index in [4.69, 9.17) is 4.84 Å². The summed E-state index contributed by atoms with van der Waals surface area (Å²) in [7, 11) is 0. The molecule has 0 atom stereocenters. The van der Waals surface area contributed by atoms with Crippen molar-refractivity contribution in [2.45, 2.75) is 45.4 Å². The van der Waals surface area contributed by atoms with Crippen LogP contribution in [0.3, 0.4) is 0 Å². The van der Waals surface area contributed by atoms with E-state index < -0.39 is 0 Å². The highest BCUT2D eigenvalue weighted by Gasteiger charge is 2.15. The summed E-state index contributed by atoms with van der Waals surface area (Å²) in [5.41, 5.74) is 0. The summed E-state index contributed by atoms with van der Waals surface area (Å²) < 4.78 is 0. The van der Waals surface area contributed by atoms with Gasteiger partial charge in [0.05, 0.1) is 0 Å². The average molecular weight is 185 g/mol. The molecule has 1 rings (SSSR count). The predicted molar refractivity (Wildman–Crippen MR) is 51.0 cm³/mol. The van der Waals surface area contributed by atoms with E-state index in [9.17, 15) is 4.79 Å². The second-order valence-electron chi connectivity index (χ2n) is 3.56. The number of unbranched alkanes of at least 4 members (excludes halogenated alkanes) is 2. The minimum absolute atomic E-state index is 0.0599. The van der Waals surface area contributed by atoms with E-state index in [0.717, 1.165) is 45.2 Å². The van der Waals surface area contributed by atoms with Crippen molar-refractivity contribution in [1.29, 1.82) is 0 Å². The van der Waals surface area contributed by atoms with Crippen molar-refractivity contribution in [2.75, 3.05) is 13.1 Å². The van der Waals surface area contributed by atoms with Crippen molar-refractivity contribution >= 4 is 5.97 Å². The summed E-state index contributed by atoms with van der Waals surface area (Å²) in [6.45, 7) is 3.96. The third-order valence-electron chi connectivity index (χ3n) is 2.28. The number of hydrogen-bond acceptors (Lipinski definition) is 3. The summed E-state index contributed by atoms with van der Waals surface area (Å²) in [4.78, 5) is 16.4. The fraction of sp³-hybridized carbons (Fsp3) is 0.900. The molecule has 1 saturated heterocycles. The molecule has 13 heavy (non-hydrogen) atoms. The lowest BCUT2D eigenvalue weighted by molar-refractivity contribution is -0.185. The van der Waals surface area contributed by atoms with Crippen molar-refractivity contribution < 1.29 is 9.63 Å². The third-order valence-corrected chi connectivity index (χ3v) is 2.28. The van der Waals surface area contributed by atoms with E-state index in [-0.39, 0.29) is 5.97 Å². The van der Waals surface area contributed by atoms with Crippen molar-refractivity contribution in [3.05, 3.63) is 0 Å². The Morgan fingerprint density at radius 3 is 2.62 bits per heavy atom. The van der Waals surface area contributed by atoms with Gasteiger partial charge in [0.1, 0.15) is 0 Å². The maximum Gasteiger partial charge on any atom is 0.325 e. The van der Waals surface area contributed by atoms with E-state index >= 15 is 0 Å². The Labute approximate surface area is 80.0 Å². The maximum absolute atomic E-state index is 11.2. The van der Waals surface area contributed by atoms with Crippen LogP contribution in [0, 0.1) is 0 Å². The normalized spacial score (nSPS) is 17.6. The Bertz CT molecular complexity index is 153. The molecule has 0 bridgehead atoms. The molecule has 1 fully saturated rings. The predicted octanol–water partition coefficient (Wildman–Crippen LogP) is 2.12. The van der Waals surface area contributed by atoms with Crippen LogP contribution in [-0.2, 0) is 9.63 Å². The van der Waals surface area contributed by atoms with Crippen LogP contribution < -0.4 is 0 Å². The van der Waals surface area contributed by atoms with Gasteiger partial charge in [-0.15, -0.1) is 5.06 Å². The molecule has 3 heteroatoms. The summed E-state index contributed by atoms with van der Waals surface area (Å²) in [6, 6.07) is 0. The Morgan fingerprint density at radius 2 is 2.00 bits per heavy atom. The van der Waals surface area contributed by atoms with Crippen molar-refractivity contribution in [1.82, 2.24) is 5.06 Å². The van der Waals surface area contributed by atoms with Gasteiger partial charge < -0.3 is 4.84 Å². The minimum Gasteiger partial charge on any atom is -0.368 e. The highest BCUT2D eigenvalue weighted by atomic mass is 16.7. The molecule has 0 aromatic heterocycles. The first kappa shape index (κ1) is 10.5. The molecular weight excluding hydrogens is 166 g/mol. The molecule has 0 amide bonds. The number of hydroxylamine groups is 2. The maximum atomic E-state index is 11.2. The standard InChI is InChI=1S/C10H19NO2/c1-2-3-4-7-10(12)13-11-8-5-6-9-11/h2-9H2,1H3. The van der Waals surface area contributed by atoms with E-state index in [1.165, 1.54) is 0 Å². The molecule has 0 unspecified atom stereocenters. The van der Waals surface area contributed by atoms with Gasteiger partial charge in [0, 0.05) is 19.5 Å². The van der Waals surface area contributed by atoms with Crippen molar-refractivity contribution in [2.24, 2.45) is 0 Å². The molecule has 1 aliphatic rings. The van der Waals surface area contributed by atoms with E-state index in [1.54, 1.807) is 5.06 Å². The van der Waals surface area contributed by atoms with Crippen LogP contribution in [0.25, 0.3) is 0 Å². The van der Waals surface area contributed by atoms with Crippen LogP contribution in [0.2, 0.25) is 0 Å². The summed E-state index contributed by atoms with van der Waals surface area (Å²) in [5, 5.41) is 1.79. The second kappa shape index (κ2) is 5.97. The zero-order valence-corrected chi connectivity index (χ0v) is 8.42.